The average Bonchev–Trinajstić information content (AvgIpc) is 2.99. The smallest absolute Gasteiger partial charge is 0.323 e. The second-order valence-electron chi connectivity index (χ2n) is 5.17. The predicted octanol–water partition coefficient (Wildman–Crippen LogP) is 2.11. The van der Waals surface area contributed by atoms with Crippen LogP contribution in [-0.2, 0) is 10.2 Å². The molecule has 7 heteroatoms. The van der Waals surface area contributed by atoms with Crippen LogP contribution in [0.15, 0.2) is 16.6 Å². The van der Waals surface area contributed by atoms with Crippen molar-refractivity contribution in [3.05, 3.63) is 33.5 Å². The zero-order valence-electron chi connectivity index (χ0n) is 10.2. The first-order chi connectivity index (χ1) is 9.36. The largest absolute Gasteiger partial charge is 0.480 e. The van der Waals surface area contributed by atoms with E-state index in [2.05, 4.69) is 15.9 Å². The maximum atomic E-state index is 14.3. The summed E-state index contributed by atoms with van der Waals surface area (Å²) < 4.78 is 28.2. The van der Waals surface area contributed by atoms with Crippen molar-refractivity contribution in [3.63, 3.8) is 0 Å². The number of rotatable bonds is 2. The van der Waals surface area contributed by atoms with Gasteiger partial charge >= 0.3 is 5.97 Å². The SMILES string of the molecule is O=C(O)CN1C[C@@]2(C[C@@H]2F)c2c(ccc(Br)c2F)C1=O. The summed E-state index contributed by atoms with van der Waals surface area (Å²) >= 11 is 3.03. The van der Waals surface area contributed by atoms with Crippen molar-refractivity contribution >= 4 is 27.8 Å². The Morgan fingerprint density at radius 2 is 2.20 bits per heavy atom. The third kappa shape index (κ3) is 1.76. The van der Waals surface area contributed by atoms with Crippen LogP contribution in [0.1, 0.15) is 22.3 Å². The van der Waals surface area contributed by atoms with E-state index >= 15 is 0 Å². The molecule has 0 unspecified atom stereocenters. The molecule has 1 N–H and O–H groups in total. The molecule has 0 radical (unpaired) electrons. The quantitative estimate of drug-likeness (QED) is 0.893. The van der Waals surface area contributed by atoms with Crippen LogP contribution in [0.4, 0.5) is 8.78 Å². The summed E-state index contributed by atoms with van der Waals surface area (Å²) in [5, 5.41) is 8.82. The van der Waals surface area contributed by atoms with E-state index in [9.17, 15) is 18.4 Å². The average molecular weight is 346 g/mol. The molecule has 0 saturated heterocycles. The van der Waals surface area contributed by atoms with Crippen LogP contribution in [0.5, 0.6) is 0 Å². The van der Waals surface area contributed by atoms with E-state index < -0.39 is 35.8 Å². The van der Waals surface area contributed by atoms with Crippen LogP contribution in [0.25, 0.3) is 0 Å². The van der Waals surface area contributed by atoms with Gasteiger partial charge in [-0.05, 0) is 34.5 Å². The third-order valence-corrected chi connectivity index (χ3v) is 4.50. The van der Waals surface area contributed by atoms with Crippen molar-refractivity contribution in [1.29, 1.82) is 0 Å². The number of benzene rings is 1. The summed E-state index contributed by atoms with van der Waals surface area (Å²) in [6.45, 7) is -0.607. The Morgan fingerprint density at radius 1 is 1.55 bits per heavy atom. The lowest BCUT2D eigenvalue weighted by Crippen LogP contribution is -2.47. The number of fused-ring (bicyclic) bond motifs is 2. The van der Waals surface area contributed by atoms with E-state index in [1.54, 1.807) is 0 Å². The van der Waals surface area contributed by atoms with Crippen molar-refractivity contribution in [1.82, 2.24) is 4.90 Å². The van der Waals surface area contributed by atoms with Gasteiger partial charge in [-0.3, -0.25) is 9.59 Å². The number of carbonyl (C=O) groups is 2. The molecule has 20 heavy (non-hydrogen) atoms. The molecule has 1 heterocycles. The molecule has 4 nitrogen and oxygen atoms in total. The van der Waals surface area contributed by atoms with Gasteiger partial charge in [-0.2, -0.15) is 0 Å². The number of aliphatic carboxylic acids is 1. The molecule has 1 aliphatic carbocycles. The molecule has 106 valence electrons. The van der Waals surface area contributed by atoms with E-state index in [1.807, 2.05) is 0 Å². The summed E-state index contributed by atoms with van der Waals surface area (Å²) in [6, 6.07) is 2.78. The highest BCUT2D eigenvalue weighted by Gasteiger charge is 2.62. The number of alkyl halides is 1. The summed E-state index contributed by atoms with van der Waals surface area (Å²) in [5.41, 5.74) is -0.962. The summed E-state index contributed by atoms with van der Waals surface area (Å²) in [5.74, 6) is -2.38. The fourth-order valence-electron chi connectivity index (χ4n) is 2.85. The number of hydrogen-bond donors (Lipinski definition) is 1. The van der Waals surface area contributed by atoms with Gasteiger partial charge in [0.15, 0.2) is 0 Å². The molecule has 2 aliphatic rings. The van der Waals surface area contributed by atoms with Gasteiger partial charge in [0.2, 0.25) is 0 Å². The maximum absolute atomic E-state index is 14.3. The van der Waals surface area contributed by atoms with Gasteiger partial charge < -0.3 is 10.0 Å². The lowest BCUT2D eigenvalue weighted by atomic mass is 9.85. The Bertz CT molecular complexity index is 636. The Labute approximate surface area is 121 Å². The van der Waals surface area contributed by atoms with Gasteiger partial charge in [-0.25, -0.2) is 8.78 Å². The van der Waals surface area contributed by atoms with E-state index in [1.165, 1.54) is 12.1 Å². The van der Waals surface area contributed by atoms with E-state index in [4.69, 9.17) is 5.11 Å². The van der Waals surface area contributed by atoms with Crippen LogP contribution in [-0.4, -0.2) is 41.1 Å². The highest BCUT2D eigenvalue weighted by Crippen LogP contribution is 2.55. The molecule has 2 atom stereocenters. The molecule has 1 amide bonds. The van der Waals surface area contributed by atoms with Crippen molar-refractivity contribution in [2.75, 3.05) is 13.1 Å². The Hall–Kier alpha value is -1.50. The first-order valence-electron chi connectivity index (χ1n) is 6.00. The summed E-state index contributed by atoms with van der Waals surface area (Å²) in [7, 11) is 0. The van der Waals surface area contributed by atoms with E-state index in [-0.39, 0.29) is 28.6 Å². The summed E-state index contributed by atoms with van der Waals surface area (Å²) in [6.07, 6.45) is -1.15. The molecular formula is C13H10BrF2NO3. The second kappa shape index (κ2) is 4.25. The number of hydrogen-bond acceptors (Lipinski definition) is 2. The van der Waals surface area contributed by atoms with Crippen molar-refractivity contribution in [2.45, 2.75) is 18.0 Å². The standard InChI is InChI=1S/C13H10BrF2NO3/c14-7-2-1-6-10(11(7)16)13(3-8(13)15)5-17(12(6)20)4-9(18)19/h1-2,8H,3-5H2,(H,18,19)/t8-,13+/m0/s1. The van der Waals surface area contributed by atoms with Crippen LogP contribution in [0.2, 0.25) is 0 Å². The Morgan fingerprint density at radius 3 is 2.75 bits per heavy atom. The number of halogens is 3. The molecule has 3 rings (SSSR count). The van der Waals surface area contributed by atoms with Crippen LogP contribution < -0.4 is 0 Å². The zero-order chi connectivity index (χ0) is 14.7. The minimum Gasteiger partial charge on any atom is -0.480 e. The Balaban J connectivity index is 2.13. The fourth-order valence-corrected chi connectivity index (χ4v) is 3.18. The van der Waals surface area contributed by atoms with Gasteiger partial charge in [0, 0.05) is 17.7 Å². The van der Waals surface area contributed by atoms with Gasteiger partial charge in [-0.15, -0.1) is 0 Å². The first kappa shape index (κ1) is 13.5. The number of carboxylic acid groups (broad SMARTS) is 1. The molecule has 0 aromatic heterocycles. The molecule has 1 spiro atoms. The molecule has 1 aromatic rings. The maximum Gasteiger partial charge on any atom is 0.323 e. The second-order valence-corrected chi connectivity index (χ2v) is 6.02. The minimum atomic E-state index is -1.26. The fraction of sp³-hybridized carbons (Fsp3) is 0.385. The van der Waals surface area contributed by atoms with E-state index in [0.29, 0.717) is 0 Å². The third-order valence-electron chi connectivity index (χ3n) is 3.89. The van der Waals surface area contributed by atoms with Gasteiger partial charge in [0.05, 0.1) is 9.89 Å². The molecule has 1 fully saturated rings. The van der Waals surface area contributed by atoms with Gasteiger partial charge in [-0.1, -0.05) is 0 Å². The lowest BCUT2D eigenvalue weighted by molar-refractivity contribution is -0.137. The van der Waals surface area contributed by atoms with Crippen LogP contribution in [0, 0.1) is 5.82 Å². The highest BCUT2D eigenvalue weighted by atomic mass is 79.9. The summed E-state index contributed by atoms with van der Waals surface area (Å²) in [4.78, 5) is 24.1. The number of nitrogens with zero attached hydrogens (tertiary/aromatic N) is 1. The molecular weight excluding hydrogens is 336 g/mol. The van der Waals surface area contributed by atoms with Crippen molar-refractivity contribution < 1.29 is 23.5 Å². The van der Waals surface area contributed by atoms with Crippen molar-refractivity contribution in [2.24, 2.45) is 0 Å². The van der Waals surface area contributed by atoms with Gasteiger partial charge in [0.25, 0.3) is 5.91 Å². The number of carbonyl (C=O) groups excluding carboxylic acids is 1. The molecule has 1 aromatic carbocycles. The molecule has 0 bridgehead atoms. The number of amides is 1. The zero-order valence-corrected chi connectivity index (χ0v) is 11.8. The van der Waals surface area contributed by atoms with E-state index in [0.717, 1.165) is 4.90 Å². The molecule has 1 aliphatic heterocycles. The van der Waals surface area contributed by atoms with Crippen LogP contribution in [0.3, 0.4) is 0 Å². The van der Waals surface area contributed by atoms with Crippen molar-refractivity contribution in [3.8, 4) is 0 Å². The number of carboxylic acids is 1. The lowest BCUT2D eigenvalue weighted by Gasteiger charge is -2.34. The predicted molar refractivity (Wildman–Crippen MR) is 68.8 cm³/mol. The van der Waals surface area contributed by atoms with Gasteiger partial charge in [0.1, 0.15) is 18.5 Å². The normalized spacial score (nSPS) is 27.6. The highest BCUT2D eigenvalue weighted by molar-refractivity contribution is 9.10. The Kier molecular flexibility index (Phi) is 2.86. The molecule has 1 saturated carbocycles. The monoisotopic (exact) mass is 345 g/mol. The first-order valence-corrected chi connectivity index (χ1v) is 6.80. The minimum absolute atomic E-state index is 0.0540. The van der Waals surface area contributed by atoms with Crippen LogP contribution >= 0.6 is 15.9 Å². The topological polar surface area (TPSA) is 57.6 Å².